The smallest absolute Gasteiger partial charge is 0.238 e. The maximum Gasteiger partial charge on any atom is 0.238 e. The summed E-state index contributed by atoms with van der Waals surface area (Å²) in [7, 11) is 1.76. The molecule has 1 aromatic rings. The summed E-state index contributed by atoms with van der Waals surface area (Å²) in [5.74, 6) is -0.0168. The molecule has 100 valence electrons. The minimum absolute atomic E-state index is 0.0168. The molecular weight excluding hydrogens is 244 g/mol. The molecule has 0 bridgehead atoms. The highest BCUT2D eigenvalue weighted by atomic mass is 32.2. The van der Waals surface area contributed by atoms with Crippen molar-refractivity contribution >= 4 is 23.4 Å². The summed E-state index contributed by atoms with van der Waals surface area (Å²) in [4.78, 5) is 12.7. The van der Waals surface area contributed by atoms with Crippen molar-refractivity contribution in [1.82, 2.24) is 5.32 Å². The topological polar surface area (TPSA) is 41.1 Å². The van der Waals surface area contributed by atoms with E-state index in [1.54, 1.807) is 7.05 Å². The van der Waals surface area contributed by atoms with E-state index in [2.05, 4.69) is 43.5 Å². The molecular formula is C14H22N2OS. The molecule has 0 heterocycles. The normalized spacial score (nSPS) is 11.4. The number of benzene rings is 1. The molecule has 0 aromatic heterocycles. The lowest BCUT2D eigenvalue weighted by molar-refractivity contribution is -0.115. The summed E-state index contributed by atoms with van der Waals surface area (Å²) in [5.41, 5.74) is 1.97. The summed E-state index contributed by atoms with van der Waals surface area (Å²) in [6, 6.07) is 6.14. The summed E-state index contributed by atoms with van der Waals surface area (Å²) >= 11 is 1.83. The maximum absolute atomic E-state index is 11.5. The minimum Gasteiger partial charge on any atom is -0.325 e. The van der Waals surface area contributed by atoms with Gasteiger partial charge in [0.25, 0.3) is 0 Å². The van der Waals surface area contributed by atoms with Gasteiger partial charge in [0.1, 0.15) is 0 Å². The van der Waals surface area contributed by atoms with E-state index in [-0.39, 0.29) is 10.7 Å². The number of carbonyl (C=O) groups excluding carboxylic acids is 1. The standard InChI is InChI=1S/C14H22N2OS/c1-10-8-11(18-14(2,3)4)6-7-12(10)16-13(17)9-15-5/h6-8,15H,9H2,1-5H3,(H,16,17). The Morgan fingerprint density at radius 2 is 2.00 bits per heavy atom. The molecule has 0 aliphatic heterocycles. The van der Waals surface area contributed by atoms with E-state index < -0.39 is 0 Å². The molecule has 0 radical (unpaired) electrons. The van der Waals surface area contributed by atoms with Gasteiger partial charge in [-0.05, 0) is 37.7 Å². The fraction of sp³-hybridized carbons (Fsp3) is 0.500. The van der Waals surface area contributed by atoms with Crippen LogP contribution in [0.1, 0.15) is 26.3 Å². The Balaban J connectivity index is 2.77. The van der Waals surface area contributed by atoms with Crippen LogP contribution in [-0.2, 0) is 4.79 Å². The average Bonchev–Trinajstić information content (AvgIpc) is 2.20. The Labute approximate surface area is 114 Å². The third-order valence-electron chi connectivity index (χ3n) is 2.23. The molecule has 0 fully saturated rings. The molecule has 0 saturated heterocycles. The fourth-order valence-corrected chi connectivity index (χ4v) is 2.63. The van der Waals surface area contributed by atoms with Gasteiger partial charge in [0, 0.05) is 15.3 Å². The molecule has 0 unspecified atom stereocenters. The number of hydrogen-bond donors (Lipinski definition) is 2. The molecule has 0 aliphatic rings. The molecule has 18 heavy (non-hydrogen) atoms. The highest BCUT2D eigenvalue weighted by Crippen LogP contribution is 2.33. The largest absolute Gasteiger partial charge is 0.325 e. The SMILES string of the molecule is CNCC(=O)Nc1ccc(SC(C)(C)C)cc1C. The zero-order valence-corrected chi connectivity index (χ0v) is 12.6. The van der Waals surface area contributed by atoms with Gasteiger partial charge in [-0.1, -0.05) is 20.8 Å². The third kappa shape index (κ3) is 5.10. The first-order chi connectivity index (χ1) is 8.31. The molecule has 2 N–H and O–H groups in total. The van der Waals surface area contributed by atoms with Crippen molar-refractivity contribution in [2.75, 3.05) is 18.9 Å². The van der Waals surface area contributed by atoms with Crippen LogP contribution in [0.5, 0.6) is 0 Å². The Bertz CT molecular complexity index is 424. The Morgan fingerprint density at radius 1 is 1.33 bits per heavy atom. The lowest BCUT2D eigenvalue weighted by Crippen LogP contribution is -2.25. The zero-order chi connectivity index (χ0) is 13.8. The number of hydrogen-bond acceptors (Lipinski definition) is 3. The van der Waals surface area contributed by atoms with Crippen molar-refractivity contribution in [3.05, 3.63) is 23.8 Å². The second-order valence-electron chi connectivity index (χ2n) is 5.27. The second-order valence-corrected chi connectivity index (χ2v) is 7.17. The third-order valence-corrected chi connectivity index (χ3v) is 3.34. The van der Waals surface area contributed by atoms with E-state index in [0.29, 0.717) is 6.54 Å². The van der Waals surface area contributed by atoms with E-state index in [0.717, 1.165) is 11.3 Å². The minimum atomic E-state index is -0.0168. The molecule has 0 spiro atoms. The number of amides is 1. The van der Waals surface area contributed by atoms with E-state index in [1.165, 1.54) is 4.90 Å². The number of aryl methyl sites for hydroxylation is 1. The van der Waals surface area contributed by atoms with Gasteiger partial charge in [-0.3, -0.25) is 4.79 Å². The molecule has 1 amide bonds. The number of likely N-dealkylation sites (N-methyl/N-ethyl adjacent to an activating group) is 1. The first kappa shape index (κ1) is 15.1. The van der Waals surface area contributed by atoms with Crippen LogP contribution in [0.25, 0.3) is 0 Å². The van der Waals surface area contributed by atoms with Crippen molar-refractivity contribution in [3.63, 3.8) is 0 Å². The second kappa shape index (κ2) is 6.25. The van der Waals surface area contributed by atoms with E-state index in [9.17, 15) is 4.79 Å². The molecule has 0 atom stereocenters. The van der Waals surface area contributed by atoms with Gasteiger partial charge in [0.05, 0.1) is 6.54 Å². The van der Waals surface area contributed by atoms with Crippen molar-refractivity contribution in [1.29, 1.82) is 0 Å². The summed E-state index contributed by atoms with van der Waals surface area (Å²) in [5, 5.41) is 5.72. The zero-order valence-electron chi connectivity index (χ0n) is 11.8. The van der Waals surface area contributed by atoms with E-state index >= 15 is 0 Å². The van der Waals surface area contributed by atoms with Crippen molar-refractivity contribution in [3.8, 4) is 0 Å². The first-order valence-corrected chi connectivity index (χ1v) is 6.87. The quantitative estimate of drug-likeness (QED) is 0.823. The fourth-order valence-electron chi connectivity index (χ4n) is 1.55. The molecule has 0 aliphatic carbocycles. The number of anilines is 1. The highest BCUT2D eigenvalue weighted by Gasteiger charge is 2.13. The van der Waals surface area contributed by atoms with Crippen LogP contribution in [0.2, 0.25) is 0 Å². The van der Waals surface area contributed by atoms with Gasteiger partial charge >= 0.3 is 0 Å². The average molecular weight is 266 g/mol. The molecule has 1 aromatic carbocycles. The van der Waals surface area contributed by atoms with E-state index in [4.69, 9.17) is 0 Å². The summed E-state index contributed by atoms with van der Waals surface area (Å²) < 4.78 is 0.198. The Morgan fingerprint density at radius 3 is 2.50 bits per heavy atom. The van der Waals surface area contributed by atoms with Crippen LogP contribution in [0.3, 0.4) is 0 Å². The number of nitrogens with one attached hydrogen (secondary N) is 2. The lowest BCUT2D eigenvalue weighted by atomic mass is 10.2. The Kier molecular flexibility index (Phi) is 5.23. The maximum atomic E-state index is 11.5. The van der Waals surface area contributed by atoms with Crippen LogP contribution in [-0.4, -0.2) is 24.2 Å². The van der Waals surface area contributed by atoms with Crippen molar-refractivity contribution in [2.24, 2.45) is 0 Å². The predicted molar refractivity (Wildman–Crippen MR) is 79.3 cm³/mol. The summed E-state index contributed by atoms with van der Waals surface area (Å²) in [6.07, 6.45) is 0. The number of thioether (sulfide) groups is 1. The molecule has 4 heteroatoms. The van der Waals surface area contributed by atoms with Crippen LogP contribution in [0, 0.1) is 6.92 Å². The molecule has 1 rings (SSSR count). The molecule has 3 nitrogen and oxygen atoms in total. The predicted octanol–water partition coefficient (Wildman–Crippen LogP) is 3.04. The molecule has 0 saturated carbocycles. The van der Waals surface area contributed by atoms with Gasteiger partial charge in [0.15, 0.2) is 0 Å². The first-order valence-electron chi connectivity index (χ1n) is 6.06. The van der Waals surface area contributed by atoms with Crippen LogP contribution in [0.15, 0.2) is 23.1 Å². The lowest BCUT2D eigenvalue weighted by Gasteiger charge is -2.18. The van der Waals surface area contributed by atoms with Crippen LogP contribution in [0.4, 0.5) is 5.69 Å². The number of rotatable bonds is 4. The Hall–Kier alpha value is -1.00. The van der Waals surface area contributed by atoms with Gasteiger partial charge in [0.2, 0.25) is 5.91 Å². The van der Waals surface area contributed by atoms with Gasteiger partial charge in [-0.25, -0.2) is 0 Å². The van der Waals surface area contributed by atoms with Crippen molar-refractivity contribution in [2.45, 2.75) is 37.3 Å². The monoisotopic (exact) mass is 266 g/mol. The summed E-state index contributed by atoms with van der Waals surface area (Å²) in [6.45, 7) is 8.92. The van der Waals surface area contributed by atoms with Gasteiger partial charge in [-0.2, -0.15) is 0 Å². The van der Waals surface area contributed by atoms with Crippen molar-refractivity contribution < 1.29 is 4.79 Å². The van der Waals surface area contributed by atoms with E-state index in [1.807, 2.05) is 24.8 Å². The van der Waals surface area contributed by atoms with Crippen LogP contribution >= 0.6 is 11.8 Å². The van der Waals surface area contributed by atoms with Crippen LogP contribution < -0.4 is 10.6 Å². The highest BCUT2D eigenvalue weighted by molar-refractivity contribution is 8.00. The van der Waals surface area contributed by atoms with Gasteiger partial charge < -0.3 is 10.6 Å². The number of carbonyl (C=O) groups is 1. The van der Waals surface area contributed by atoms with Gasteiger partial charge in [-0.15, -0.1) is 11.8 Å².